The van der Waals surface area contributed by atoms with Crippen LogP contribution in [0.2, 0.25) is 0 Å². The van der Waals surface area contributed by atoms with Gasteiger partial charge in [-0.1, -0.05) is 30.3 Å². The van der Waals surface area contributed by atoms with Crippen molar-refractivity contribution in [3.63, 3.8) is 0 Å². The number of oxazole rings is 1. The Morgan fingerprint density at radius 3 is 2.52 bits per heavy atom. The molecule has 1 aromatic carbocycles. The highest BCUT2D eigenvalue weighted by Crippen LogP contribution is 2.29. The summed E-state index contributed by atoms with van der Waals surface area (Å²) >= 11 is 0. The van der Waals surface area contributed by atoms with Gasteiger partial charge in [0.15, 0.2) is 0 Å². The summed E-state index contributed by atoms with van der Waals surface area (Å²) in [5.74, 6) is -1.78. The molecule has 1 unspecified atom stereocenters. The number of ether oxygens (including phenoxy) is 1. The maximum absolute atomic E-state index is 12.6. The second-order valence-electron chi connectivity index (χ2n) is 6.44. The van der Waals surface area contributed by atoms with Gasteiger partial charge in [-0.05, 0) is 32.8 Å². The molecular formula is C17H22N2O4. The van der Waals surface area contributed by atoms with E-state index in [4.69, 9.17) is 14.9 Å². The summed E-state index contributed by atoms with van der Waals surface area (Å²) in [6, 6.07) is 9.27. The van der Waals surface area contributed by atoms with Crippen LogP contribution in [0, 0.1) is 5.92 Å². The zero-order valence-corrected chi connectivity index (χ0v) is 13.5. The number of hydrogen-bond donors (Lipinski definition) is 2. The summed E-state index contributed by atoms with van der Waals surface area (Å²) in [7, 11) is 0. The third kappa shape index (κ3) is 4.40. The number of carbonyl (C=O) groups excluding carboxylic acids is 1. The van der Waals surface area contributed by atoms with Gasteiger partial charge in [0.05, 0.1) is 6.20 Å². The van der Waals surface area contributed by atoms with Crippen molar-refractivity contribution in [1.82, 2.24) is 4.98 Å². The van der Waals surface area contributed by atoms with Crippen LogP contribution < -0.4 is 5.73 Å². The van der Waals surface area contributed by atoms with Crippen molar-refractivity contribution >= 4 is 5.97 Å². The lowest BCUT2D eigenvalue weighted by atomic mass is 9.89. The van der Waals surface area contributed by atoms with E-state index < -0.39 is 23.2 Å². The third-order valence-corrected chi connectivity index (χ3v) is 3.28. The maximum Gasteiger partial charge on any atom is 0.314 e. The molecule has 124 valence electrons. The SMILES string of the molecule is CC(C)(C)OC(=O)[C@@H](Cc1ccccc1)C(N)(O)c1ncco1. The predicted molar refractivity (Wildman–Crippen MR) is 84.1 cm³/mol. The van der Waals surface area contributed by atoms with Gasteiger partial charge in [0.25, 0.3) is 0 Å². The number of nitrogens with zero attached hydrogens (tertiary/aromatic N) is 1. The van der Waals surface area contributed by atoms with Gasteiger partial charge in [0, 0.05) is 0 Å². The molecule has 0 bridgehead atoms. The molecule has 2 aromatic rings. The Bertz CT molecular complexity index is 630. The van der Waals surface area contributed by atoms with Gasteiger partial charge < -0.3 is 14.3 Å². The van der Waals surface area contributed by atoms with Crippen LogP contribution >= 0.6 is 0 Å². The fourth-order valence-electron chi connectivity index (χ4n) is 2.21. The molecule has 0 aliphatic heterocycles. The topological polar surface area (TPSA) is 98.6 Å². The van der Waals surface area contributed by atoms with Gasteiger partial charge in [0.2, 0.25) is 11.6 Å². The van der Waals surface area contributed by atoms with Crippen LogP contribution in [0.1, 0.15) is 32.2 Å². The van der Waals surface area contributed by atoms with Crippen LogP contribution in [0.4, 0.5) is 0 Å². The smallest absolute Gasteiger partial charge is 0.314 e. The molecule has 23 heavy (non-hydrogen) atoms. The van der Waals surface area contributed by atoms with Crippen molar-refractivity contribution < 1.29 is 19.1 Å². The van der Waals surface area contributed by atoms with E-state index in [0.29, 0.717) is 0 Å². The Morgan fingerprint density at radius 2 is 2.00 bits per heavy atom. The Kier molecular flexibility index (Phi) is 4.87. The lowest BCUT2D eigenvalue weighted by molar-refractivity contribution is -0.172. The summed E-state index contributed by atoms with van der Waals surface area (Å²) in [6.07, 6.45) is 2.86. The monoisotopic (exact) mass is 318 g/mol. The minimum atomic E-state index is -2.07. The highest BCUT2D eigenvalue weighted by Gasteiger charge is 2.45. The van der Waals surface area contributed by atoms with Crippen LogP contribution in [0.3, 0.4) is 0 Å². The molecule has 1 heterocycles. The largest absolute Gasteiger partial charge is 0.460 e. The van der Waals surface area contributed by atoms with E-state index in [0.717, 1.165) is 5.56 Å². The first-order valence-electron chi connectivity index (χ1n) is 7.38. The van der Waals surface area contributed by atoms with Crippen molar-refractivity contribution in [3.05, 3.63) is 54.2 Å². The second-order valence-corrected chi connectivity index (χ2v) is 6.44. The molecule has 0 aliphatic rings. The summed E-state index contributed by atoms with van der Waals surface area (Å²) in [4.78, 5) is 16.5. The van der Waals surface area contributed by atoms with Gasteiger partial charge in [-0.2, -0.15) is 0 Å². The first-order chi connectivity index (χ1) is 10.7. The second kappa shape index (κ2) is 6.52. The Morgan fingerprint density at radius 1 is 1.35 bits per heavy atom. The maximum atomic E-state index is 12.6. The van der Waals surface area contributed by atoms with E-state index in [9.17, 15) is 9.90 Å². The molecule has 0 spiro atoms. The molecule has 0 amide bonds. The summed E-state index contributed by atoms with van der Waals surface area (Å²) < 4.78 is 10.5. The Balaban J connectivity index is 2.33. The number of aliphatic hydroxyl groups is 1. The van der Waals surface area contributed by atoms with E-state index in [1.807, 2.05) is 30.3 Å². The number of esters is 1. The number of hydrogen-bond acceptors (Lipinski definition) is 6. The number of nitrogens with two attached hydrogens (primary N) is 1. The summed E-state index contributed by atoms with van der Waals surface area (Å²) in [5.41, 5.74) is 4.08. The minimum absolute atomic E-state index is 0.121. The summed E-state index contributed by atoms with van der Waals surface area (Å²) in [5, 5.41) is 10.7. The van der Waals surface area contributed by atoms with Gasteiger partial charge >= 0.3 is 5.97 Å². The zero-order valence-electron chi connectivity index (χ0n) is 13.5. The number of rotatable bonds is 5. The lowest BCUT2D eigenvalue weighted by Gasteiger charge is -2.31. The van der Waals surface area contributed by atoms with Gasteiger partial charge in [-0.15, -0.1) is 0 Å². The molecule has 0 radical (unpaired) electrons. The minimum Gasteiger partial charge on any atom is -0.460 e. The Labute approximate surface area is 135 Å². The molecule has 1 aromatic heterocycles. The lowest BCUT2D eigenvalue weighted by Crippen LogP contribution is -2.50. The normalized spacial score (nSPS) is 15.7. The van der Waals surface area contributed by atoms with E-state index in [-0.39, 0.29) is 12.3 Å². The van der Waals surface area contributed by atoms with Crippen molar-refractivity contribution in [1.29, 1.82) is 0 Å². The molecule has 0 fully saturated rings. The van der Waals surface area contributed by atoms with Gasteiger partial charge in [-0.25, -0.2) is 4.98 Å². The predicted octanol–water partition coefficient (Wildman–Crippen LogP) is 1.98. The third-order valence-electron chi connectivity index (χ3n) is 3.28. The van der Waals surface area contributed by atoms with Crippen LogP contribution in [0.25, 0.3) is 0 Å². The van der Waals surface area contributed by atoms with Gasteiger partial charge in [-0.3, -0.25) is 10.5 Å². The molecule has 0 saturated heterocycles. The van der Waals surface area contributed by atoms with Crippen LogP contribution in [0.15, 0.2) is 47.2 Å². The highest BCUT2D eigenvalue weighted by atomic mass is 16.6. The fourth-order valence-corrected chi connectivity index (χ4v) is 2.21. The van der Waals surface area contributed by atoms with Crippen molar-refractivity contribution in [2.45, 2.75) is 38.5 Å². The van der Waals surface area contributed by atoms with Crippen molar-refractivity contribution in [2.75, 3.05) is 0 Å². The average Bonchev–Trinajstić information content (AvgIpc) is 2.98. The molecule has 6 heteroatoms. The van der Waals surface area contributed by atoms with Crippen LogP contribution in [0.5, 0.6) is 0 Å². The average molecular weight is 318 g/mol. The van der Waals surface area contributed by atoms with Gasteiger partial charge in [0.1, 0.15) is 17.8 Å². The highest BCUT2D eigenvalue weighted by molar-refractivity contribution is 5.74. The fraction of sp³-hybridized carbons (Fsp3) is 0.412. The van der Waals surface area contributed by atoms with E-state index in [2.05, 4.69) is 4.98 Å². The number of benzene rings is 1. The molecule has 6 nitrogen and oxygen atoms in total. The van der Waals surface area contributed by atoms with Crippen molar-refractivity contribution in [2.24, 2.45) is 11.7 Å². The standard InChI is InChI=1S/C17H22N2O4/c1-16(2,3)23-14(20)13(11-12-7-5-4-6-8-12)17(18,21)15-19-9-10-22-15/h4-10,13,21H,11,18H2,1-3H3/t13-,17?/m1/s1. The molecular weight excluding hydrogens is 296 g/mol. The first kappa shape index (κ1) is 17.2. The zero-order chi connectivity index (χ0) is 17.1. The molecule has 0 aliphatic carbocycles. The summed E-state index contributed by atoms with van der Waals surface area (Å²) in [6.45, 7) is 5.27. The van der Waals surface area contributed by atoms with Crippen LogP contribution in [-0.2, 0) is 21.7 Å². The quantitative estimate of drug-likeness (QED) is 0.646. The van der Waals surface area contributed by atoms with Crippen molar-refractivity contribution in [3.8, 4) is 0 Å². The van der Waals surface area contributed by atoms with E-state index in [1.165, 1.54) is 12.5 Å². The molecule has 3 N–H and O–H groups in total. The van der Waals surface area contributed by atoms with E-state index >= 15 is 0 Å². The number of carbonyl (C=O) groups is 1. The molecule has 2 atom stereocenters. The Hall–Kier alpha value is -2.18. The first-order valence-corrected chi connectivity index (χ1v) is 7.38. The molecule has 0 saturated carbocycles. The molecule has 2 rings (SSSR count). The van der Waals surface area contributed by atoms with Crippen LogP contribution in [-0.4, -0.2) is 21.7 Å². The number of aromatic nitrogens is 1. The van der Waals surface area contributed by atoms with E-state index in [1.54, 1.807) is 20.8 Å².